The Kier molecular flexibility index (Phi) is 6.06. The number of methoxy groups -OCH3 is 1. The van der Waals surface area contributed by atoms with E-state index in [0.29, 0.717) is 27.7 Å². The number of furan rings is 1. The molecule has 31 heavy (non-hydrogen) atoms. The summed E-state index contributed by atoms with van der Waals surface area (Å²) in [5, 5.41) is 0.402. The second-order valence-corrected chi connectivity index (χ2v) is 9.98. The molecule has 0 aliphatic carbocycles. The highest BCUT2D eigenvalue weighted by Gasteiger charge is 2.26. The lowest BCUT2D eigenvalue weighted by molar-refractivity contribution is -0.116. The maximum atomic E-state index is 13.1. The maximum Gasteiger partial charge on any atom is 0.244 e. The Morgan fingerprint density at radius 3 is 2.65 bits per heavy atom. The molecule has 2 aromatic carbocycles. The predicted octanol–water partition coefficient (Wildman–Crippen LogP) is 4.05. The van der Waals surface area contributed by atoms with E-state index in [1.54, 1.807) is 49.6 Å². The summed E-state index contributed by atoms with van der Waals surface area (Å²) in [6, 6.07) is 17.7. The van der Waals surface area contributed by atoms with E-state index >= 15 is 0 Å². The smallest absolute Gasteiger partial charge is 0.244 e. The van der Waals surface area contributed by atoms with E-state index in [9.17, 15) is 13.2 Å². The molecule has 0 aliphatic rings. The number of nitrogens with zero attached hydrogens (tertiary/aromatic N) is 2. The zero-order valence-corrected chi connectivity index (χ0v) is 18.4. The second kappa shape index (κ2) is 8.91. The van der Waals surface area contributed by atoms with Gasteiger partial charge in [0.1, 0.15) is 17.3 Å². The lowest BCUT2D eigenvalue weighted by Gasteiger charge is -2.18. The number of hydrogen-bond acceptors (Lipinski definition) is 7. The molecule has 2 aromatic heterocycles. The Labute approximate surface area is 183 Å². The largest absolute Gasteiger partial charge is 0.497 e. The number of aromatic nitrogens is 1. The number of fused-ring (bicyclic) bond motifs is 1. The van der Waals surface area contributed by atoms with Crippen LogP contribution in [0.5, 0.6) is 5.75 Å². The lowest BCUT2D eigenvalue weighted by Crippen LogP contribution is -2.35. The van der Waals surface area contributed by atoms with Gasteiger partial charge in [0.15, 0.2) is 15.0 Å². The molecule has 7 nitrogen and oxygen atoms in total. The molecule has 2 heterocycles. The number of rotatable bonds is 8. The minimum Gasteiger partial charge on any atom is -0.497 e. The molecule has 0 atom stereocenters. The molecular formula is C22H20N2O5S2. The van der Waals surface area contributed by atoms with Crippen molar-refractivity contribution in [2.75, 3.05) is 17.8 Å². The van der Waals surface area contributed by atoms with Crippen LogP contribution in [0.4, 0.5) is 5.13 Å². The molecule has 0 aliphatic heterocycles. The number of hydrogen-bond donors (Lipinski definition) is 0. The van der Waals surface area contributed by atoms with E-state index in [0.717, 1.165) is 4.70 Å². The summed E-state index contributed by atoms with van der Waals surface area (Å²) >= 11 is 1.31. The van der Waals surface area contributed by atoms with Gasteiger partial charge in [-0.25, -0.2) is 13.4 Å². The molecule has 4 aromatic rings. The normalized spacial score (nSPS) is 11.5. The molecule has 0 bridgehead atoms. The van der Waals surface area contributed by atoms with Gasteiger partial charge < -0.3 is 9.15 Å². The molecule has 0 unspecified atom stereocenters. The first-order valence-electron chi connectivity index (χ1n) is 9.45. The number of benzene rings is 2. The summed E-state index contributed by atoms with van der Waals surface area (Å²) in [5.74, 6) is -0.199. The summed E-state index contributed by atoms with van der Waals surface area (Å²) < 4.78 is 36.9. The van der Waals surface area contributed by atoms with Crippen molar-refractivity contribution in [3.8, 4) is 5.75 Å². The summed E-state index contributed by atoms with van der Waals surface area (Å²) in [7, 11) is -2.10. The number of ether oxygens (including phenoxy) is 1. The van der Waals surface area contributed by atoms with Crippen LogP contribution in [0.3, 0.4) is 0 Å². The molecule has 0 spiro atoms. The Balaban J connectivity index is 1.62. The number of anilines is 1. The fourth-order valence-electron chi connectivity index (χ4n) is 3.10. The standard InChI is InChI=1S/C22H20N2O5S2/c1-28-17-9-10-20-19(12-17)23-22(30-20)24(13-18-8-5-11-29-18)21(25)15-31(26,27)14-16-6-3-2-4-7-16/h2-12H,13-15H2,1H3. The van der Waals surface area contributed by atoms with Crippen molar-refractivity contribution in [1.82, 2.24) is 4.98 Å². The van der Waals surface area contributed by atoms with Crippen molar-refractivity contribution < 1.29 is 22.4 Å². The average molecular weight is 457 g/mol. The van der Waals surface area contributed by atoms with Crippen LogP contribution in [0.1, 0.15) is 11.3 Å². The highest BCUT2D eigenvalue weighted by Crippen LogP contribution is 2.32. The van der Waals surface area contributed by atoms with E-state index in [4.69, 9.17) is 9.15 Å². The first-order valence-corrected chi connectivity index (χ1v) is 12.1. The van der Waals surface area contributed by atoms with E-state index in [-0.39, 0.29) is 12.3 Å². The molecule has 4 rings (SSSR count). The average Bonchev–Trinajstić information content (AvgIpc) is 3.40. The van der Waals surface area contributed by atoms with Gasteiger partial charge in [-0.05, 0) is 29.8 Å². The van der Waals surface area contributed by atoms with Crippen molar-refractivity contribution in [3.63, 3.8) is 0 Å². The van der Waals surface area contributed by atoms with Crippen LogP contribution in [0, 0.1) is 0 Å². The van der Waals surface area contributed by atoms with Crippen LogP contribution in [0.2, 0.25) is 0 Å². The minimum absolute atomic E-state index is 0.0870. The van der Waals surface area contributed by atoms with Crippen LogP contribution in [-0.4, -0.2) is 32.2 Å². The van der Waals surface area contributed by atoms with Crippen molar-refractivity contribution in [2.24, 2.45) is 0 Å². The van der Waals surface area contributed by atoms with Crippen molar-refractivity contribution in [1.29, 1.82) is 0 Å². The number of amides is 1. The molecule has 0 fully saturated rings. The van der Waals surface area contributed by atoms with Gasteiger partial charge in [0.25, 0.3) is 0 Å². The van der Waals surface area contributed by atoms with Gasteiger partial charge in [0.2, 0.25) is 5.91 Å². The first kappa shape index (κ1) is 21.1. The van der Waals surface area contributed by atoms with Gasteiger partial charge >= 0.3 is 0 Å². The molecule has 0 saturated heterocycles. The third-order valence-electron chi connectivity index (χ3n) is 4.58. The topological polar surface area (TPSA) is 89.7 Å². The van der Waals surface area contributed by atoms with Crippen molar-refractivity contribution in [3.05, 3.63) is 78.3 Å². The molecule has 1 amide bonds. The third kappa shape index (κ3) is 5.12. The number of carbonyl (C=O) groups is 1. The summed E-state index contributed by atoms with van der Waals surface area (Å²) in [5.41, 5.74) is 1.31. The van der Waals surface area contributed by atoms with E-state index in [1.807, 2.05) is 18.2 Å². The van der Waals surface area contributed by atoms with Gasteiger partial charge in [-0.3, -0.25) is 9.69 Å². The van der Waals surface area contributed by atoms with Crippen LogP contribution in [-0.2, 0) is 26.9 Å². The number of thiazole rings is 1. The van der Waals surface area contributed by atoms with Gasteiger partial charge in [0, 0.05) is 6.07 Å². The molecule has 160 valence electrons. The minimum atomic E-state index is -3.67. The highest BCUT2D eigenvalue weighted by atomic mass is 32.2. The summed E-state index contributed by atoms with van der Waals surface area (Å²) in [6.45, 7) is 0.0870. The SMILES string of the molecule is COc1ccc2sc(N(Cc3ccco3)C(=O)CS(=O)(=O)Cc3ccccc3)nc2c1. The van der Waals surface area contributed by atoms with Gasteiger partial charge in [-0.2, -0.15) is 0 Å². The Morgan fingerprint density at radius 2 is 1.94 bits per heavy atom. The molecule has 0 saturated carbocycles. The Hall–Kier alpha value is -3.17. The zero-order valence-electron chi connectivity index (χ0n) is 16.7. The summed E-state index contributed by atoms with van der Waals surface area (Å²) in [4.78, 5) is 19.0. The second-order valence-electron chi connectivity index (χ2n) is 6.91. The third-order valence-corrected chi connectivity index (χ3v) is 7.10. The number of carbonyl (C=O) groups excluding carboxylic acids is 1. The molecule has 0 radical (unpaired) electrons. The quantitative estimate of drug-likeness (QED) is 0.397. The number of sulfone groups is 1. The van der Waals surface area contributed by atoms with Crippen LogP contribution < -0.4 is 9.64 Å². The van der Waals surface area contributed by atoms with Crippen LogP contribution in [0.15, 0.2) is 71.3 Å². The maximum absolute atomic E-state index is 13.1. The van der Waals surface area contributed by atoms with E-state index in [2.05, 4.69) is 4.98 Å². The zero-order chi connectivity index (χ0) is 21.8. The molecular weight excluding hydrogens is 436 g/mol. The van der Waals surface area contributed by atoms with Crippen molar-refractivity contribution >= 4 is 42.4 Å². The van der Waals surface area contributed by atoms with Gasteiger partial charge in [-0.1, -0.05) is 41.7 Å². The molecule has 0 N–H and O–H groups in total. The predicted molar refractivity (Wildman–Crippen MR) is 120 cm³/mol. The molecule has 9 heteroatoms. The van der Waals surface area contributed by atoms with E-state index in [1.165, 1.54) is 22.5 Å². The Bertz CT molecular complexity index is 1280. The van der Waals surface area contributed by atoms with Crippen LogP contribution in [0.25, 0.3) is 10.2 Å². The van der Waals surface area contributed by atoms with Crippen LogP contribution >= 0.6 is 11.3 Å². The van der Waals surface area contributed by atoms with Crippen molar-refractivity contribution in [2.45, 2.75) is 12.3 Å². The summed E-state index contributed by atoms with van der Waals surface area (Å²) in [6.07, 6.45) is 1.51. The fraction of sp³-hybridized carbons (Fsp3) is 0.182. The fourth-order valence-corrected chi connectivity index (χ4v) is 5.40. The lowest BCUT2D eigenvalue weighted by atomic mass is 10.2. The first-order chi connectivity index (χ1) is 14.9. The van der Waals surface area contributed by atoms with E-state index < -0.39 is 21.5 Å². The Morgan fingerprint density at radius 1 is 1.13 bits per heavy atom. The van der Waals surface area contributed by atoms with Gasteiger partial charge in [0.05, 0.1) is 35.9 Å². The highest BCUT2D eigenvalue weighted by molar-refractivity contribution is 7.91. The van der Waals surface area contributed by atoms with Gasteiger partial charge in [-0.15, -0.1) is 0 Å². The monoisotopic (exact) mass is 456 g/mol.